The summed E-state index contributed by atoms with van der Waals surface area (Å²) in [6.45, 7) is 4.58. The van der Waals surface area contributed by atoms with Crippen molar-refractivity contribution in [2.24, 2.45) is 5.92 Å². The first-order chi connectivity index (χ1) is 12.3. The second-order valence-electron chi connectivity index (χ2n) is 6.30. The van der Waals surface area contributed by atoms with Crippen LogP contribution < -0.4 is 5.32 Å². The number of benzene rings is 1. The normalized spacial score (nSPS) is 15.8. The van der Waals surface area contributed by atoms with Crippen molar-refractivity contribution in [2.45, 2.75) is 13.8 Å². The number of furan rings is 1. The van der Waals surface area contributed by atoms with Gasteiger partial charge in [0.25, 0.3) is 11.6 Å². The van der Waals surface area contributed by atoms with Crippen LogP contribution in [-0.4, -0.2) is 27.4 Å². The van der Waals surface area contributed by atoms with Crippen LogP contribution >= 0.6 is 12.2 Å². The van der Waals surface area contributed by atoms with Gasteiger partial charge in [0.1, 0.15) is 17.2 Å². The predicted molar refractivity (Wildman–Crippen MR) is 101 cm³/mol. The largest absolute Gasteiger partial charge is 0.457 e. The maximum absolute atomic E-state index is 12.4. The quantitative estimate of drug-likeness (QED) is 0.374. The van der Waals surface area contributed by atoms with Crippen molar-refractivity contribution in [1.29, 1.82) is 0 Å². The number of rotatable bonds is 5. The summed E-state index contributed by atoms with van der Waals surface area (Å²) in [5.74, 6) is 1.16. The Morgan fingerprint density at radius 2 is 1.96 bits per heavy atom. The molecule has 0 spiro atoms. The summed E-state index contributed by atoms with van der Waals surface area (Å²) in [5, 5.41) is 14.0. The number of nitro benzene ring substituents is 1. The zero-order valence-electron chi connectivity index (χ0n) is 14.3. The number of carbonyl (C=O) groups is 1. The topological polar surface area (TPSA) is 88.6 Å². The maximum Gasteiger partial charge on any atom is 0.276 e. The summed E-state index contributed by atoms with van der Waals surface area (Å²) in [6, 6.07) is 9.54. The van der Waals surface area contributed by atoms with Crippen molar-refractivity contribution in [3.8, 4) is 11.3 Å². The summed E-state index contributed by atoms with van der Waals surface area (Å²) in [7, 11) is 0. The lowest BCUT2D eigenvalue weighted by molar-refractivity contribution is -0.384. The standard InChI is InChI=1S/C18H17N3O4S/c1-11(2)10-20-17(22)15(19-18(20)26)9-14-7-8-16(25-14)12-3-5-13(6-4-12)21(23)24/h3-9,11H,10H2,1-2H3,(H,19,26)/b15-9+. The zero-order chi connectivity index (χ0) is 18.8. The molecular weight excluding hydrogens is 354 g/mol. The molecule has 1 aromatic heterocycles. The molecule has 1 fully saturated rings. The van der Waals surface area contributed by atoms with Gasteiger partial charge in [0, 0.05) is 30.3 Å². The molecule has 0 unspecified atom stereocenters. The van der Waals surface area contributed by atoms with Crippen LogP contribution in [0, 0.1) is 16.0 Å². The number of hydrogen-bond acceptors (Lipinski definition) is 5. The van der Waals surface area contributed by atoms with Crippen LogP contribution in [0.5, 0.6) is 0 Å². The third-order valence-electron chi connectivity index (χ3n) is 3.79. The number of nitrogens with one attached hydrogen (secondary N) is 1. The van der Waals surface area contributed by atoms with E-state index in [1.54, 1.807) is 30.3 Å². The van der Waals surface area contributed by atoms with E-state index < -0.39 is 4.92 Å². The number of non-ortho nitro benzene ring substituents is 1. The Hall–Kier alpha value is -3.00. The van der Waals surface area contributed by atoms with Gasteiger partial charge in [0.05, 0.1) is 4.92 Å². The van der Waals surface area contributed by atoms with Crippen LogP contribution in [0.4, 0.5) is 5.69 Å². The number of carbonyl (C=O) groups excluding carboxylic acids is 1. The smallest absolute Gasteiger partial charge is 0.276 e. The summed E-state index contributed by atoms with van der Waals surface area (Å²) >= 11 is 5.21. The number of amides is 1. The van der Waals surface area contributed by atoms with E-state index in [1.807, 2.05) is 13.8 Å². The highest BCUT2D eigenvalue weighted by Gasteiger charge is 2.31. The molecule has 8 heteroatoms. The van der Waals surface area contributed by atoms with Gasteiger partial charge in [-0.2, -0.15) is 0 Å². The van der Waals surface area contributed by atoms with Crippen LogP contribution in [0.3, 0.4) is 0 Å². The van der Waals surface area contributed by atoms with Crippen molar-refractivity contribution < 1.29 is 14.1 Å². The second kappa shape index (κ2) is 7.09. The van der Waals surface area contributed by atoms with Gasteiger partial charge in [-0.3, -0.25) is 19.8 Å². The van der Waals surface area contributed by atoms with Crippen LogP contribution in [0.1, 0.15) is 19.6 Å². The van der Waals surface area contributed by atoms with E-state index in [1.165, 1.54) is 17.0 Å². The third kappa shape index (κ3) is 3.65. The van der Waals surface area contributed by atoms with Gasteiger partial charge in [0.15, 0.2) is 5.11 Å². The summed E-state index contributed by atoms with van der Waals surface area (Å²) < 4.78 is 5.73. The minimum Gasteiger partial charge on any atom is -0.457 e. The summed E-state index contributed by atoms with van der Waals surface area (Å²) in [6.07, 6.45) is 1.60. The van der Waals surface area contributed by atoms with Gasteiger partial charge in [0.2, 0.25) is 0 Å². The van der Waals surface area contributed by atoms with Crippen LogP contribution in [0.25, 0.3) is 17.4 Å². The summed E-state index contributed by atoms with van der Waals surface area (Å²) in [5.41, 5.74) is 1.09. The van der Waals surface area contributed by atoms with Crippen LogP contribution in [-0.2, 0) is 4.79 Å². The third-order valence-corrected chi connectivity index (χ3v) is 4.11. The second-order valence-corrected chi connectivity index (χ2v) is 6.69. The van der Waals surface area contributed by atoms with Crippen molar-refractivity contribution in [3.63, 3.8) is 0 Å². The summed E-state index contributed by atoms with van der Waals surface area (Å²) in [4.78, 5) is 24.2. The number of nitrogens with zero attached hydrogens (tertiary/aromatic N) is 2. The van der Waals surface area contributed by atoms with Crippen LogP contribution in [0.2, 0.25) is 0 Å². The lowest BCUT2D eigenvalue weighted by atomic mass is 10.1. The van der Waals surface area contributed by atoms with E-state index in [4.69, 9.17) is 16.6 Å². The lowest BCUT2D eigenvalue weighted by Gasteiger charge is -2.15. The fourth-order valence-corrected chi connectivity index (χ4v) is 2.85. The van der Waals surface area contributed by atoms with E-state index in [0.29, 0.717) is 40.4 Å². The first-order valence-corrected chi connectivity index (χ1v) is 8.45. The molecule has 1 saturated heterocycles. The molecule has 0 atom stereocenters. The Morgan fingerprint density at radius 1 is 1.27 bits per heavy atom. The minimum absolute atomic E-state index is 0.0159. The van der Waals surface area contributed by atoms with Crippen molar-refractivity contribution >= 4 is 35.0 Å². The molecular formula is C18H17N3O4S. The average molecular weight is 371 g/mol. The Balaban J connectivity index is 1.80. The molecule has 7 nitrogen and oxygen atoms in total. The van der Waals surface area contributed by atoms with Crippen molar-refractivity contribution in [3.05, 3.63) is 58.0 Å². The van der Waals surface area contributed by atoms with Gasteiger partial charge in [-0.15, -0.1) is 0 Å². The molecule has 1 aliphatic rings. The molecule has 26 heavy (non-hydrogen) atoms. The predicted octanol–water partition coefficient (Wildman–Crippen LogP) is 3.57. The molecule has 1 aromatic carbocycles. The molecule has 0 radical (unpaired) electrons. The Bertz CT molecular complexity index is 899. The van der Waals surface area contributed by atoms with E-state index >= 15 is 0 Å². The van der Waals surface area contributed by atoms with E-state index in [2.05, 4.69) is 5.32 Å². The highest BCUT2D eigenvalue weighted by Crippen LogP contribution is 2.26. The van der Waals surface area contributed by atoms with Gasteiger partial charge in [-0.25, -0.2) is 0 Å². The number of thiocarbonyl (C=S) groups is 1. The molecule has 134 valence electrons. The van der Waals surface area contributed by atoms with E-state index in [9.17, 15) is 14.9 Å². The van der Waals surface area contributed by atoms with E-state index in [-0.39, 0.29) is 11.6 Å². The number of nitro groups is 1. The van der Waals surface area contributed by atoms with Gasteiger partial charge >= 0.3 is 0 Å². The molecule has 0 saturated carbocycles. The van der Waals surface area contributed by atoms with E-state index in [0.717, 1.165) is 0 Å². The van der Waals surface area contributed by atoms with Crippen molar-refractivity contribution in [2.75, 3.05) is 6.54 Å². The molecule has 1 N–H and O–H groups in total. The highest BCUT2D eigenvalue weighted by atomic mass is 32.1. The maximum atomic E-state index is 12.4. The molecule has 2 aromatic rings. The molecule has 2 heterocycles. The van der Waals surface area contributed by atoms with Crippen LogP contribution in [0.15, 0.2) is 46.5 Å². The minimum atomic E-state index is -0.453. The monoisotopic (exact) mass is 371 g/mol. The average Bonchev–Trinajstić information content (AvgIpc) is 3.15. The van der Waals surface area contributed by atoms with Crippen molar-refractivity contribution in [1.82, 2.24) is 10.2 Å². The molecule has 0 bridgehead atoms. The SMILES string of the molecule is CC(C)CN1C(=O)/C(=C\c2ccc(-c3ccc([N+](=O)[O-])cc3)o2)NC1=S. The fourth-order valence-electron chi connectivity index (χ4n) is 2.58. The Morgan fingerprint density at radius 3 is 2.58 bits per heavy atom. The highest BCUT2D eigenvalue weighted by molar-refractivity contribution is 7.80. The fraction of sp³-hybridized carbons (Fsp3) is 0.222. The van der Waals surface area contributed by atoms with Gasteiger partial charge in [-0.1, -0.05) is 13.8 Å². The molecule has 0 aliphatic carbocycles. The molecule has 1 aliphatic heterocycles. The Kier molecular flexibility index (Phi) is 4.85. The zero-order valence-corrected chi connectivity index (χ0v) is 15.1. The Labute approximate surface area is 155 Å². The molecule has 1 amide bonds. The molecule has 3 rings (SSSR count). The van der Waals surface area contributed by atoms with Gasteiger partial charge < -0.3 is 9.73 Å². The number of hydrogen-bond donors (Lipinski definition) is 1. The first-order valence-electron chi connectivity index (χ1n) is 8.04. The van der Waals surface area contributed by atoms with Gasteiger partial charge in [-0.05, 0) is 42.4 Å². The lowest BCUT2D eigenvalue weighted by Crippen LogP contribution is -2.33. The first kappa shape index (κ1) is 17.8.